The number of carbonyl (C=O) groups is 2. The number of carbonyl (C=O) groups excluding carboxylic acids is 2. The molecule has 0 saturated heterocycles. The third kappa shape index (κ3) is 6.35. The number of thioether (sulfide) groups is 1. The van der Waals surface area contributed by atoms with E-state index in [4.69, 9.17) is 0 Å². The number of aromatic nitrogens is 3. The number of hydrogen-bond acceptors (Lipinski definition) is 5. The molecule has 7 nitrogen and oxygen atoms in total. The van der Waals surface area contributed by atoms with Crippen molar-refractivity contribution in [2.45, 2.75) is 52.2 Å². The van der Waals surface area contributed by atoms with Gasteiger partial charge in [-0.25, -0.2) is 0 Å². The highest BCUT2D eigenvalue weighted by Gasteiger charge is 2.17. The molecule has 0 fully saturated rings. The zero-order chi connectivity index (χ0) is 24.7. The average Bonchev–Trinajstić information content (AvgIpc) is 3.16. The van der Waals surface area contributed by atoms with Crippen LogP contribution in [0.3, 0.4) is 0 Å². The van der Waals surface area contributed by atoms with Crippen molar-refractivity contribution >= 4 is 35.0 Å². The van der Waals surface area contributed by atoms with Crippen molar-refractivity contribution in [1.82, 2.24) is 14.8 Å². The molecule has 0 radical (unpaired) electrons. The quantitative estimate of drug-likeness (QED) is 0.321. The van der Waals surface area contributed by atoms with Gasteiger partial charge in [-0.05, 0) is 49.9 Å². The molecular weight excluding hydrogens is 446 g/mol. The van der Waals surface area contributed by atoms with E-state index in [-0.39, 0.29) is 24.0 Å². The molecule has 0 bridgehead atoms. The van der Waals surface area contributed by atoms with Crippen molar-refractivity contribution < 1.29 is 9.59 Å². The Hall–Kier alpha value is -3.39. The standard InChI is InChI=1S/C26H31N5O2S/c1-6-12-31-22(15-23(32)27-21-11-9-8-10-20(21)7-2)29-30-26(31)34-16-24(33)28-25-18(4)13-17(3)14-19(25)5/h6,8-11,13-14H,1,7,12,15-16H2,2-5H3,(H,27,32)(H,28,33). The predicted octanol–water partition coefficient (Wildman–Crippen LogP) is 4.86. The van der Waals surface area contributed by atoms with Gasteiger partial charge in [0.05, 0.1) is 12.2 Å². The summed E-state index contributed by atoms with van der Waals surface area (Å²) in [6.07, 6.45) is 2.63. The summed E-state index contributed by atoms with van der Waals surface area (Å²) in [7, 11) is 0. The van der Waals surface area contributed by atoms with Gasteiger partial charge in [0.25, 0.3) is 0 Å². The fourth-order valence-corrected chi connectivity index (χ4v) is 4.61. The molecule has 1 aromatic heterocycles. The van der Waals surface area contributed by atoms with Crippen molar-refractivity contribution in [3.63, 3.8) is 0 Å². The first-order valence-corrected chi connectivity index (χ1v) is 12.2. The maximum Gasteiger partial charge on any atom is 0.234 e. The number of hydrogen-bond donors (Lipinski definition) is 2. The van der Waals surface area contributed by atoms with Gasteiger partial charge in [-0.1, -0.05) is 60.7 Å². The van der Waals surface area contributed by atoms with E-state index >= 15 is 0 Å². The van der Waals surface area contributed by atoms with Gasteiger partial charge in [0.15, 0.2) is 5.16 Å². The van der Waals surface area contributed by atoms with Crippen LogP contribution in [0.25, 0.3) is 0 Å². The number of para-hydroxylation sites is 1. The first-order valence-electron chi connectivity index (χ1n) is 11.2. The molecule has 0 aliphatic rings. The minimum atomic E-state index is -0.168. The molecule has 1 heterocycles. The van der Waals surface area contributed by atoms with Crippen molar-refractivity contribution in [3.8, 4) is 0 Å². The smallest absolute Gasteiger partial charge is 0.234 e. The third-order valence-electron chi connectivity index (χ3n) is 5.37. The SMILES string of the molecule is C=CCn1c(CC(=O)Nc2ccccc2CC)nnc1SCC(=O)Nc1c(C)cc(C)cc1C. The number of nitrogens with zero attached hydrogens (tertiary/aromatic N) is 3. The first-order chi connectivity index (χ1) is 16.3. The molecule has 3 aromatic rings. The second kappa shape index (κ2) is 11.7. The van der Waals surface area contributed by atoms with Crippen molar-refractivity contribution in [2.75, 3.05) is 16.4 Å². The Kier molecular flexibility index (Phi) is 8.65. The molecule has 0 aliphatic heterocycles. The maximum atomic E-state index is 12.7. The van der Waals surface area contributed by atoms with Gasteiger partial charge in [0.1, 0.15) is 5.82 Å². The Morgan fingerprint density at radius 2 is 1.76 bits per heavy atom. The Labute approximate surface area is 205 Å². The van der Waals surface area contributed by atoms with Crippen LogP contribution in [0, 0.1) is 20.8 Å². The molecular formula is C26H31N5O2S. The van der Waals surface area contributed by atoms with Gasteiger partial charge in [0, 0.05) is 17.9 Å². The molecule has 34 heavy (non-hydrogen) atoms. The number of anilines is 2. The molecule has 0 atom stereocenters. The van der Waals surface area contributed by atoms with Crippen LogP contribution in [0.1, 0.15) is 35.0 Å². The number of amides is 2. The van der Waals surface area contributed by atoms with Crippen LogP contribution >= 0.6 is 11.8 Å². The normalized spacial score (nSPS) is 10.7. The van der Waals surface area contributed by atoms with E-state index in [1.807, 2.05) is 68.7 Å². The largest absolute Gasteiger partial charge is 0.325 e. The van der Waals surface area contributed by atoms with Gasteiger partial charge in [-0.2, -0.15) is 0 Å². The summed E-state index contributed by atoms with van der Waals surface area (Å²) in [6, 6.07) is 11.8. The van der Waals surface area contributed by atoms with E-state index in [1.54, 1.807) is 6.08 Å². The molecule has 178 valence electrons. The van der Waals surface area contributed by atoms with Crippen LogP contribution in [-0.4, -0.2) is 32.3 Å². The summed E-state index contributed by atoms with van der Waals surface area (Å²) < 4.78 is 1.82. The van der Waals surface area contributed by atoms with E-state index in [1.165, 1.54) is 11.8 Å². The lowest BCUT2D eigenvalue weighted by Crippen LogP contribution is -2.19. The molecule has 2 amide bonds. The van der Waals surface area contributed by atoms with Gasteiger partial charge in [-0.15, -0.1) is 16.8 Å². The van der Waals surface area contributed by atoms with Crippen LogP contribution in [0.5, 0.6) is 0 Å². The first kappa shape index (κ1) is 25.2. The van der Waals surface area contributed by atoms with Crippen LogP contribution < -0.4 is 10.6 Å². The summed E-state index contributed by atoms with van der Waals surface area (Å²) in [5.74, 6) is 0.416. The highest BCUT2D eigenvalue weighted by molar-refractivity contribution is 7.99. The van der Waals surface area contributed by atoms with Crippen LogP contribution in [0.2, 0.25) is 0 Å². The van der Waals surface area contributed by atoms with E-state index in [9.17, 15) is 9.59 Å². The van der Waals surface area contributed by atoms with E-state index in [2.05, 4.69) is 27.4 Å². The number of rotatable bonds is 10. The van der Waals surface area contributed by atoms with Crippen LogP contribution in [0.4, 0.5) is 11.4 Å². The topological polar surface area (TPSA) is 88.9 Å². The van der Waals surface area contributed by atoms with E-state index < -0.39 is 0 Å². The Balaban J connectivity index is 1.66. The summed E-state index contributed by atoms with van der Waals surface area (Å²) >= 11 is 1.29. The molecule has 0 saturated carbocycles. The lowest BCUT2D eigenvalue weighted by Gasteiger charge is -2.13. The fraction of sp³-hybridized carbons (Fsp3) is 0.308. The number of benzene rings is 2. The molecule has 2 aromatic carbocycles. The molecule has 3 rings (SSSR count). The maximum absolute atomic E-state index is 12.7. The molecule has 2 N–H and O–H groups in total. The minimum Gasteiger partial charge on any atom is -0.325 e. The summed E-state index contributed by atoms with van der Waals surface area (Å²) in [4.78, 5) is 25.3. The summed E-state index contributed by atoms with van der Waals surface area (Å²) in [6.45, 7) is 12.3. The lowest BCUT2D eigenvalue weighted by molar-refractivity contribution is -0.116. The van der Waals surface area contributed by atoms with Gasteiger partial charge in [0.2, 0.25) is 11.8 Å². The fourth-order valence-electron chi connectivity index (χ4n) is 3.84. The van der Waals surface area contributed by atoms with E-state index in [0.29, 0.717) is 17.5 Å². The van der Waals surface area contributed by atoms with Gasteiger partial charge in [-0.3, -0.25) is 9.59 Å². The highest BCUT2D eigenvalue weighted by atomic mass is 32.2. The van der Waals surface area contributed by atoms with Crippen LogP contribution in [0.15, 0.2) is 54.2 Å². The number of nitrogens with one attached hydrogen (secondary N) is 2. The highest BCUT2D eigenvalue weighted by Crippen LogP contribution is 2.23. The van der Waals surface area contributed by atoms with Gasteiger partial charge < -0.3 is 15.2 Å². The molecule has 0 unspecified atom stereocenters. The zero-order valence-electron chi connectivity index (χ0n) is 20.1. The summed E-state index contributed by atoms with van der Waals surface area (Å²) in [5, 5.41) is 15.0. The van der Waals surface area contributed by atoms with Crippen molar-refractivity contribution in [2.24, 2.45) is 0 Å². The minimum absolute atomic E-state index is 0.0768. The predicted molar refractivity (Wildman–Crippen MR) is 138 cm³/mol. The van der Waals surface area contributed by atoms with E-state index in [0.717, 1.165) is 40.0 Å². The second-order valence-electron chi connectivity index (χ2n) is 8.14. The zero-order valence-corrected chi connectivity index (χ0v) is 21.0. The monoisotopic (exact) mass is 477 g/mol. The molecule has 0 spiro atoms. The second-order valence-corrected chi connectivity index (χ2v) is 9.09. The number of allylic oxidation sites excluding steroid dienone is 1. The average molecular weight is 478 g/mol. The van der Waals surface area contributed by atoms with Gasteiger partial charge >= 0.3 is 0 Å². The van der Waals surface area contributed by atoms with Crippen molar-refractivity contribution in [1.29, 1.82) is 0 Å². The molecule has 8 heteroatoms. The number of aryl methyl sites for hydroxylation is 4. The third-order valence-corrected chi connectivity index (χ3v) is 6.34. The lowest BCUT2D eigenvalue weighted by atomic mass is 10.1. The Morgan fingerprint density at radius 1 is 1.06 bits per heavy atom. The Bertz CT molecular complexity index is 1180. The molecule has 0 aliphatic carbocycles. The van der Waals surface area contributed by atoms with Crippen LogP contribution in [-0.2, 0) is 29.0 Å². The van der Waals surface area contributed by atoms with Crippen molar-refractivity contribution in [3.05, 3.63) is 77.1 Å². The summed E-state index contributed by atoms with van der Waals surface area (Å²) in [5.41, 5.74) is 5.94. The Morgan fingerprint density at radius 3 is 2.44 bits per heavy atom.